The zero-order valence-corrected chi connectivity index (χ0v) is 36.2. The third-order valence-electron chi connectivity index (χ3n) is 10.2. The Kier molecular flexibility index (Phi) is 43.9. The van der Waals surface area contributed by atoms with Gasteiger partial charge in [0.2, 0.25) is 0 Å². The number of hydrogen-bond acceptors (Lipinski definition) is 5. The molecule has 0 rings (SSSR count). The molecule has 0 saturated carbocycles. The Morgan fingerprint density at radius 2 is 0.833 bits per heavy atom. The average molecular weight is 759 g/mol. The van der Waals surface area contributed by atoms with Crippen molar-refractivity contribution in [2.24, 2.45) is 0 Å². The van der Waals surface area contributed by atoms with Crippen LogP contribution in [0.25, 0.3) is 0 Å². The Hall–Kier alpha value is -1.88. The fourth-order valence-corrected chi connectivity index (χ4v) is 6.70. The van der Waals surface area contributed by atoms with Gasteiger partial charge in [0.1, 0.15) is 6.61 Å². The van der Waals surface area contributed by atoms with Crippen LogP contribution in [0, 0.1) is 0 Å². The number of rotatable bonds is 43. The molecular formula is C49H90O5. The van der Waals surface area contributed by atoms with Gasteiger partial charge in [-0.3, -0.25) is 9.59 Å². The first-order valence-electron chi connectivity index (χ1n) is 23.5. The van der Waals surface area contributed by atoms with Gasteiger partial charge < -0.3 is 14.2 Å². The lowest BCUT2D eigenvalue weighted by atomic mass is 10.1. The highest BCUT2D eigenvalue weighted by Gasteiger charge is 2.17. The molecule has 0 aliphatic heterocycles. The second-order valence-corrected chi connectivity index (χ2v) is 15.6. The van der Waals surface area contributed by atoms with Crippen molar-refractivity contribution in [3.63, 3.8) is 0 Å². The van der Waals surface area contributed by atoms with Gasteiger partial charge in [-0.15, -0.1) is 0 Å². The van der Waals surface area contributed by atoms with Crippen LogP contribution in [0.3, 0.4) is 0 Å². The lowest BCUT2D eigenvalue weighted by Crippen LogP contribution is -2.30. The highest BCUT2D eigenvalue weighted by molar-refractivity contribution is 5.70. The van der Waals surface area contributed by atoms with E-state index in [1.54, 1.807) is 0 Å². The Bertz CT molecular complexity index is 862. The molecule has 0 N–H and O–H groups in total. The van der Waals surface area contributed by atoms with E-state index in [1.807, 2.05) is 0 Å². The minimum absolute atomic E-state index is 0.0851. The summed E-state index contributed by atoms with van der Waals surface area (Å²) >= 11 is 0. The van der Waals surface area contributed by atoms with Crippen LogP contribution < -0.4 is 0 Å². The number of esters is 2. The molecule has 0 radical (unpaired) electrons. The average Bonchev–Trinajstić information content (AvgIpc) is 3.17. The van der Waals surface area contributed by atoms with Gasteiger partial charge in [-0.05, 0) is 51.4 Å². The number of carbonyl (C=O) groups is 2. The molecular weight excluding hydrogens is 669 g/mol. The smallest absolute Gasteiger partial charge is 0.306 e. The lowest BCUT2D eigenvalue weighted by molar-refractivity contribution is -0.163. The summed E-state index contributed by atoms with van der Waals surface area (Å²) in [5.41, 5.74) is 0. The molecule has 1 atom stereocenters. The fraction of sp³-hybridized carbons (Fsp3) is 0.837. The largest absolute Gasteiger partial charge is 0.462 e. The van der Waals surface area contributed by atoms with Gasteiger partial charge in [-0.25, -0.2) is 0 Å². The second kappa shape index (κ2) is 45.5. The van der Waals surface area contributed by atoms with Gasteiger partial charge >= 0.3 is 11.9 Å². The van der Waals surface area contributed by atoms with Crippen LogP contribution >= 0.6 is 0 Å². The van der Waals surface area contributed by atoms with Crippen molar-refractivity contribution in [2.45, 2.75) is 245 Å². The highest BCUT2D eigenvalue weighted by atomic mass is 16.6. The number of allylic oxidation sites excluding steroid dienone is 6. The number of carbonyl (C=O) groups excluding carboxylic acids is 2. The normalized spacial score (nSPS) is 12.4. The van der Waals surface area contributed by atoms with Crippen molar-refractivity contribution < 1.29 is 23.8 Å². The van der Waals surface area contributed by atoms with Crippen molar-refractivity contribution in [3.8, 4) is 0 Å². The number of hydrogen-bond donors (Lipinski definition) is 0. The standard InChI is InChI=1S/C49H90O5/c1-4-7-10-13-16-19-21-23-24-25-26-27-28-31-33-36-39-42-48(50)53-46-47(54-49(51)43-40-37-34-30-18-15-12-9-6-3)45-52-44-41-38-35-32-29-22-20-17-14-11-8-5-2/h7,10,16,19,23-24,47H,4-6,8-9,11-15,17-18,20-22,25-46H2,1-3H3/b10-7-,19-16-,24-23-. The van der Waals surface area contributed by atoms with Crippen LogP contribution in [0.4, 0.5) is 0 Å². The fourth-order valence-electron chi connectivity index (χ4n) is 6.70. The zero-order valence-electron chi connectivity index (χ0n) is 36.2. The Morgan fingerprint density at radius 1 is 0.426 bits per heavy atom. The van der Waals surface area contributed by atoms with E-state index >= 15 is 0 Å². The molecule has 1 unspecified atom stereocenters. The number of unbranched alkanes of at least 4 members (excludes halogenated alkanes) is 26. The molecule has 0 amide bonds. The maximum Gasteiger partial charge on any atom is 0.306 e. The van der Waals surface area contributed by atoms with E-state index in [9.17, 15) is 9.59 Å². The molecule has 54 heavy (non-hydrogen) atoms. The minimum atomic E-state index is -0.531. The molecule has 0 bridgehead atoms. The maximum absolute atomic E-state index is 12.7. The zero-order chi connectivity index (χ0) is 39.3. The van der Waals surface area contributed by atoms with Gasteiger partial charge in [0.15, 0.2) is 6.10 Å². The molecule has 0 fully saturated rings. The third-order valence-corrected chi connectivity index (χ3v) is 10.2. The van der Waals surface area contributed by atoms with Crippen molar-refractivity contribution in [2.75, 3.05) is 19.8 Å². The third kappa shape index (κ3) is 42.9. The predicted molar refractivity (Wildman–Crippen MR) is 233 cm³/mol. The van der Waals surface area contributed by atoms with Crippen LogP contribution in [0.5, 0.6) is 0 Å². The molecule has 0 heterocycles. The summed E-state index contributed by atoms with van der Waals surface area (Å²) in [4.78, 5) is 25.2. The quantitative estimate of drug-likeness (QED) is 0.0352. The Balaban J connectivity index is 4.18. The highest BCUT2D eigenvalue weighted by Crippen LogP contribution is 2.14. The first-order chi connectivity index (χ1) is 26.6. The summed E-state index contributed by atoms with van der Waals surface area (Å²) in [5, 5.41) is 0. The van der Waals surface area contributed by atoms with Crippen LogP contribution in [0.2, 0.25) is 0 Å². The van der Waals surface area contributed by atoms with Crippen molar-refractivity contribution >= 4 is 11.9 Å². The van der Waals surface area contributed by atoms with Crippen molar-refractivity contribution in [1.29, 1.82) is 0 Å². The maximum atomic E-state index is 12.7. The second-order valence-electron chi connectivity index (χ2n) is 15.6. The molecule has 0 spiro atoms. The molecule has 0 saturated heterocycles. The van der Waals surface area contributed by atoms with E-state index in [4.69, 9.17) is 14.2 Å². The van der Waals surface area contributed by atoms with E-state index in [0.717, 1.165) is 64.2 Å². The molecule has 5 heteroatoms. The van der Waals surface area contributed by atoms with E-state index in [1.165, 1.54) is 141 Å². The molecule has 0 aromatic heterocycles. The van der Waals surface area contributed by atoms with Gasteiger partial charge in [0.25, 0.3) is 0 Å². The van der Waals surface area contributed by atoms with Gasteiger partial charge in [-0.2, -0.15) is 0 Å². The summed E-state index contributed by atoms with van der Waals surface area (Å²) < 4.78 is 17.3. The molecule has 0 aliphatic carbocycles. The monoisotopic (exact) mass is 759 g/mol. The van der Waals surface area contributed by atoms with Crippen LogP contribution in [-0.4, -0.2) is 37.9 Å². The van der Waals surface area contributed by atoms with Crippen LogP contribution in [-0.2, 0) is 23.8 Å². The number of ether oxygens (including phenoxy) is 3. The Labute approximate surface area is 336 Å². The van der Waals surface area contributed by atoms with Gasteiger partial charge in [0, 0.05) is 19.4 Å². The van der Waals surface area contributed by atoms with Crippen LogP contribution in [0.1, 0.15) is 239 Å². The topological polar surface area (TPSA) is 61.8 Å². The minimum Gasteiger partial charge on any atom is -0.462 e. The molecule has 5 nitrogen and oxygen atoms in total. The SMILES string of the molecule is CC/C=C\C/C=C\C/C=C\CCCCCCCCCC(=O)OCC(COCCCCCCCCCCCCCC)OC(=O)CCCCCCCCCCC. The van der Waals surface area contributed by atoms with E-state index in [-0.39, 0.29) is 18.5 Å². The summed E-state index contributed by atoms with van der Waals surface area (Å²) in [5.74, 6) is -0.401. The van der Waals surface area contributed by atoms with Crippen molar-refractivity contribution in [3.05, 3.63) is 36.5 Å². The summed E-state index contributed by atoms with van der Waals surface area (Å²) in [6, 6.07) is 0. The first-order valence-corrected chi connectivity index (χ1v) is 23.5. The van der Waals surface area contributed by atoms with Gasteiger partial charge in [-0.1, -0.05) is 211 Å². The first kappa shape index (κ1) is 52.1. The molecule has 0 aliphatic rings. The van der Waals surface area contributed by atoms with Gasteiger partial charge in [0.05, 0.1) is 6.61 Å². The van der Waals surface area contributed by atoms with E-state index < -0.39 is 6.10 Å². The summed E-state index contributed by atoms with van der Waals surface area (Å²) in [6.07, 6.45) is 52.8. The molecule has 0 aromatic rings. The van der Waals surface area contributed by atoms with E-state index in [2.05, 4.69) is 57.2 Å². The van der Waals surface area contributed by atoms with Crippen LogP contribution in [0.15, 0.2) is 36.5 Å². The Morgan fingerprint density at radius 3 is 1.33 bits per heavy atom. The van der Waals surface area contributed by atoms with E-state index in [0.29, 0.717) is 26.1 Å². The predicted octanol–water partition coefficient (Wildman–Crippen LogP) is 15.4. The van der Waals surface area contributed by atoms with Crippen molar-refractivity contribution in [1.82, 2.24) is 0 Å². The summed E-state index contributed by atoms with van der Waals surface area (Å²) in [6.45, 7) is 7.72. The molecule has 0 aromatic carbocycles. The summed E-state index contributed by atoms with van der Waals surface area (Å²) in [7, 11) is 0. The lowest BCUT2D eigenvalue weighted by Gasteiger charge is -2.18. The molecule has 316 valence electrons.